The van der Waals surface area contributed by atoms with Crippen LogP contribution in [0.2, 0.25) is 0 Å². The number of hydrogen-bond donors (Lipinski definition) is 2. The van der Waals surface area contributed by atoms with E-state index in [0.717, 1.165) is 6.92 Å². The number of carbonyl (C=O) groups excluding carboxylic acids is 1. The molecule has 0 spiro atoms. The van der Waals surface area contributed by atoms with Crippen LogP contribution >= 0.6 is 0 Å². The number of nitrogens with one attached hydrogen (secondary N) is 2. The van der Waals surface area contributed by atoms with E-state index < -0.39 is 17.4 Å². The number of allylic oxidation sites excluding steroid dienone is 2. The molecule has 2 heterocycles. The summed E-state index contributed by atoms with van der Waals surface area (Å²) in [6.45, 7) is 6.39. The number of aryl methyl sites for hydroxylation is 1. The van der Waals surface area contributed by atoms with Crippen molar-refractivity contribution in [2.24, 2.45) is 5.41 Å². The minimum atomic E-state index is -4.57. The molecule has 1 aliphatic heterocycles. The topological polar surface area (TPSA) is 57.8 Å². The maximum atomic E-state index is 13.9. The summed E-state index contributed by atoms with van der Waals surface area (Å²) in [6.07, 6.45) is -4.06. The highest BCUT2D eigenvalue weighted by molar-refractivity contribution is 6.02. The third-order valence-electron chi connectivity index (χ3n) is 4.66. The van der Waals surface area contributed by atoms with Crippen molar-refractivity contribution >= 4 is 11.6 Å². The van der Waals surface area contributed by atoms with Crippen molar-refractivity contribution in [1.82, 2.24) is 10.2 Å². The Kier molecular flexibility index (Phi) is 2.85. The Morgan fingerprint density at radius 2 is 1.82 bits per heavy atom. The molecule has 0 bridgehead atoms. The molecule has 1 atom stereocenters. The van der Waals surface area contributed by atoms with Crippen LogP contribution in [0.25, 0.3) is 0 Å². The van der Waals surface area contributed by atoms with Gasteiger partial charge in [-0.1, -0.05) is 13.8 Å². The number of aromatic amines is 1. The van der Waals surface area contributed by atoms with Crippen LogP contribution in [0.4, 0.5) is 19.0 Å². The molecule has 0 radical (unpaired) electrons. The van der Waals surface area contributed by atoms with Gasteiger partial charge in [0.15, 0.2) is 11.6 Å². The molecule has 0 fully saturated rings. The van der Waals surface area contributed by atoms with Crippen LogP contribution in [-0.2, 0) is 10.2 Å². The van der Waals surface area contributed by atoms with E-state index in [2.05, 4.69) is 15.5 Å². The highest BCUT2D eigenvalue weighted by Gasteiger charge is 2.62. The van der Waals surface area contributed by atoms with E-state index in [0.29, 0.717) is 17.8 Å². The van der Waals surface area contributed by atoms with E-state index in [9.17, 15) is 18.0 Å². The van der Waals surface area contributed by atoms with Gasteiger partial charge in [0.25, 0.3) is 0 Å². The summed E-state index contributed by atoms with van der Waals surface area (Å²) in [4.78, 5) is 12.5. The molecule has 0 amide bonds. The van der Waals surface area contributed by atoms with Crippen molar-refractivity contribution in [2.45, 2.75) is 52.1 Å². The fourth-order valence-corrected chi connectivity index (χ4v) is 3.69. The number of halogens is 3. The summed E-state index contributed by atoms with van der Waals surface area (Å²) in [5, 5.41) is 9.50. The number of fused-ring (bicyclic) bond motifs is 1. The first kappa shape index (κ1) is 15.1. The van der Waals surface area contributed by atoms with Crippen molar-refractivity contribution in [3.05, 3.63) is 22.5 Å². The Hall–Kier alpha value is -1.79. The van der Waals surface area contributed by atoms with E-state index in [1.54, 1.807) is 6.92 Å². The third kappa shape index (κ3) is 1.84. The first-order chi connectivity index (χ1) is 9.97. The second-order valence-corrected chi connectivity index (χ2v) is 7.11. The molecule has 0 aromatic carbocycles. The van der Waals surface area contributed by atoms with Crippen molar-refractivity contribution < 1.29 is 18.0 Å². The zero-order valence-electron chi connectivity index (χ0n) is 12.9. The number of aromatic nitrogens is 2. The van der Waals surface area contributed by atoms with Crippen LogP contribution in [-0.4, -0.2) is 22.2 Å². The van der Waals surface area contributed by atoms with Crippen molar-refractivity contribution in [3.63, 3.8) is 0 Å². The summed E-state index contributed by atoms with van der Waals surface area (Å²) in [6, 6.07) is 0. The van der Waals surface area contributed by atoms with Crippen LogP contribution in [0.15, 0.2) is 11.3 Å². The molecule has 1 aliphatic carbocycles. The number of hydrogen-bond acceptors (Lipinski definition) is 3. The minimum Gasteiger partial charge on any atom is -0.342 e. The first-order valence-electron chi connectivity index (χ1n) is 7.13. The predicted molar refractivity (Wildman–Crippen MR) is 75.4 cm³/mol. The first-order valence-corrected chi connectivity index (χ1v) is 7.13. The van der Waals surface area contributed by atoms with E-state index in [4.69, 9.17) is 0 Å². The van der Waals surface area contributed by atoms with Crippen molar-refractivity contribution in [3.8, 4) is 0 Å². The lowest BCUT2D eigenvalue weighted by Gasteiger charge is -2.44. The number of carbonyl (C=O) groups is 1. The van der Waals surface area contributed by atoms with Gasteiger partial charge in [-0.15, -0.1) is 0 Å². The Balaban J connectivity index is 2.30. The number of anilines is 1. The Morgan fingerprint density at radius 1 is 1.18 bits per heavy atom. The van der Waals surface area contributed by atoms with Gasteiger partial charge in [0.2, 0.25) is 0 Å². The third-order valence-corrected chi connectivity index (χ3v) is 4.66. The summed E-state index contributed by atoms with van der Waals surface area (Å²) in [5.74, 6) is -0.272. The number of Topliss-reactive ketones (excluding diaryl/α,β-unsaturated/α-hetero) is 1. The number of H-pyrrole nitrogens is 1. The smallest absolute Gasteiger partial charge is 0.342 e. The SMILES string of the molecule is Cc1[nH]nc2c1[C@](C)(C(F)(F)F)C1=C(CC(C)(C)CC1=O)N2. The fourth-order valence-electron chi connectivity index (χ4n) is 3.69. The standard InChI is InChI=1S/C15H18F3N3O/c1-7-10-12(21-20-7)19-8-5-13(2,3)6-9(22)11(8)14(10,4)15(16,17)18/h5-6H2,1-4H3,(H2,19,20,21)/t14-/m0/s1. The van der Waals surface area contributed by atoms with E-state index in [-0.39, 0.29) is 28.8 Å². The molecule has 2 N–H and O–H groups in total. The summed E-state index contributed by atoms with van der Waals surface area (Å²) in [5.41, 5.74) is -2.15. The lowest BCUT2D eigenvalue weighted by molar-refractivity contribution is -0.177. The Bertz CT molecular complexity index is 699. The quantitative estimate of drug-likeness (QED) is 0.769. The minimum absolute atomic E-state index is 0.0202. The second-order valence-electron chi connectivity index (χ2n) is 7.11. The van der Waals surface area contributed by atoms with Gasteiger partial charge in [-0.25, -0.2) is 0 Å². The summed E-state index contributed by atoms with van der Waals surface area (Å²) in [7, 11) is 0. The Morgan fingerprint density at radius 3 is 2.41 bits per heavy atom. The Labute approximate surface area is 126 Å². The molecule has 3 rings (SSSR count). The van der Waals surface area contributed by atoms with Crippen molar-refractivity contribution in [1.29, 1.82) is 0 Å². The van der Waals surface area contributed by atoms with Crippen LogP contribution in [0.3, 0.4) is 0 Å². The molecule has 1 aromatic rings. The van der Waals surface area contributed by atoms with E-state index >= 15 is 0 Å². The summed E-state index contributed by atoms with van der Waals surface area (Å²) < 4.78 is 41.8. The van der Waals surface area contributed by atoms with Gasteiger partial charge in [0.05, 0.1) is 0 Å². The van der Waals surface area contributed by atoms with Crippen molar-refractivity contribution in [2.75, 3.05) is 5.32 Å². The fraction of sp³-hybridized carbons (Fsp3) is 0.600. The second kappa shape index (κ2) is 4.14. The number of rotatable bonds is 0. The molecule has 0 saturated heterocycles. The van der Waals surface area contributed by atoms with E-state index in [1.807, 2.05) is 13.8 Å². The van der Waals surface area contributed by atoms with Crippen LogP contribution in [0.5, 0.6) is 0 Å². The molecular formula is C15H18F3N3O. The molecule has 2 aliphatic rings. The number of nitrogens with zero attached hydrogens (tertiary/aromatic N) is 1. The van der Waals surface area contributed by atoms with Crippen LogP contribution in [0, 0.1) is 12.3 Å². The molecule has 4 nitrogen and oxygen atoms in total. The molecule has 22 heavy (non-hydrogen) atoms. The monoisotopic (exact) mass is 313 g/mol. The van der Waals surface area contributed by atoms with Gasteiger partial charge in [-0.05, 0) is 25.7 Å². The average molecular weight is 313 g/mol. The zero-order valence-corrected chi connectivity index (χ0v) is 12.9. The van der Waals surface area contributed by atoms with Gasteiger partial charge in [-0.3, -0.25) is 9.89 Å². The molecule has 120 valence electrons. The van der Waals surface area contributed by atoms with Gasteiger partial charge < -0.3 is 5.32 Å². The highest BCUT2D eigenvalue weighted by Crippen LogP contribution is 2.56. The van der Waals surface area contributed by atoms with Gasteiger partial charge in [0.1, 0.15) is 5.41 Å². The number of ketones is 1. The summed E-state index contributed by atoms with van der Waals surface area (Å²) >= 11 is 0. The lowest BCUT2D eigenvalue weighted by Crippen LogP contribution is -2.49. The number of alkyl halides is 3. The highest BCUT2D eigenvalue weighted by atomic mass is 19.4. The maximum absolute atomic E-state index is 13.9. The normalized spacial score (nSPS) is 27.3. The van der Waals surface area contributed by atoms with E-state index in [1.165, 1.54) is 0 Å². The predicted octanol–water partition coefficient (Wildman–Crippen LogP) is 3.61. The molecular weight excluding hydrogens is 295 g/mol. The molecule has 0 saturated carbocycles. The van der Waals surface area contributed by atoms with Gasteiger partial charge >= 0.3 is 6.18 Å². The molecule has 7 heteroatoms. The van der Waals surface area contributed by atoms with Crippen LogP contribution in [0.1, 0.15) is 44.9 Å². The molecule has 0 unspecified atom stereocenters. The van der Waals surface area contributed by atoms with Gasteiger partial charge in [-0.2, -0.15) is 18.3 Å². The van der Waals surface area contributed by atoms with Crippen LogP contribution < -0.4 is 5.32 Å². The zero-order chi connectivity index (χ0) is 16.5. The largest absolute Gasteiger partial charge is 0.402 e. The van der Waals surface area contributed by atoms with Gasteiger partial charge in [0, 0.05) is 28.9 Å². The molecule has 1 aromatic heterocycles. The lowest BCUT2D eigenvalue weighted by atomic mass is 9.64. The maximum Gasteiger partial charge on any atom is 0.402 e. The average Bonchev–Trinajstić information content (AvgIpc) is 2.67.